The van der Waals surface area contributed by atoms with Crippen molar-refractivity contribution >= 4 is 17.2 Å². The van der Waals surface area contributed by atoms with Crippen LogP contribution in [-0.2, 0) is 6.54 Å². The minimum absolute atomic E-state index is 0.182. The zero-order valence-electron chi connectivity index (χ0n) is 14.9. The van der Waals surface area contributed by atoms with Crippen LogP contribution in [0, 0.1) is 6.92 Å². The van der Waals surface area contributed by atoms with E-state index in [2.05, 4.69) is 46.3 Å². The third-order valence-corrected chi connectivity index (χ3v) is 4.33. The molecule has 2 aromatic heterocycles. The molecule has 1 amide bonds. The molecule has 2 heterocycles. The molecular formula is C19H23N5O. The third-order valence-electron chi connectivity index (χ3n) is 4.33. The predicted molar refractivity (Wildman–Crippen MR) is 98.7 cm³/mol. The lowest BCUT2D eigenvalue weighted by Crippen LogP contribution is -2.22. The molecule has 0 radical (unpaired) electrons. The Morgan fingerprint density at radius 3 is 2.56 bits per heavy atom. The molecule has 130 valence electrons. The number of aromatic nitrogens is 3. The molecule has 0 aliphatic rings. The summed E-state index contributed by atoms with van der Waals surface area (Å²) in [7, 11) is 0. The molecule has 0 bridgehead atoms. The van der Waals surface area contributed by atoms with Gasteiger partial charge in [0.2, 0.25) is 0 Å². The summed E-state index contributed by atoms with van der Waals surface area (Å²) in [6.45, 7) is 9.11. The number of carbonyl (C=O) groups is 1. The smallest absolute Gasteiger partial charge is 0.259 e. The summed E-state index contributed by atoms with van der Waals surface area (Å²) in [6.07, 6.45) is 3.37. The van der Waals surface area contributed by atoms with Crippen LogP contribution < -0.4 is 5.32 Å². The summed E-state index contributed by atoms with van der Waals surface area (Å²) >= 11 is 0. The van der Waals surface area contributed by atoms with E-state index in [1.165, 1.54) is 5.56 Å². The molecule has 0 saturated heterocycles. The van der Waals surface area contributed by atoms with E-state index in [9.17, 15) is 4.79 Å². The zero-order valence-corrected chi connectivity index (χ0v) is 14.9. The van der Waals surface area contributed by atoms with Crippen LogP contribution in [0.2, 0.25) is 0 Å². The number of carbonyl (C=O) groups excluding carboxylic acids is 1. The summed E-state index contributed by atoms with van der Waals surface area (Å²) in [6, 6.07) is 9.78. The van der Waals surface area contributed by atoms with Gasteiger partial charge in [0.15, 0.2) is 5.65 Å². The molecule has 0 unspecified atom stereocenters. The normalized spacial score (nSPS) is 11.2. The first-order valence-electron chi connectivity index (χ1n) is 8.54. The number of nitrogens with zero attached hydrogens (tertiary/aromatic N) is 4. The summed E-state index contributed by atoms with van der Waals surface area (Å²) in [5.41, 5.74) is 3.94. The van der Waals surface area contributed by atoms with E-state index in [1.54, 1.807) is 16.9 Å². The van der Waals surface area contributed by atoms with Gasteiger partial charge < -0.3 is 5.32 Å². The van der Waals surface area contributed by atoms with Crippen molar-refractivity contribution in [3.8, 4) is 0 Å². The molecule has 3 rings (SSSR count). The monoisotopic (exact) mass is 337 g/mol. The van der Waals surface area contributed by atoms with Crippen molar-refractivity contribution in [2.24, 2.45) is 0 Å². The summed E-state index contributed by atoms with van der Waals surface area (Å²) < 4.78 is 1.61. The minimum atomic E-state index is -0.182. The van der Waals surface area contributed by atoms with Gasteiger partial charge in [-0.05, 0) is 37.7 Å². The van der Waals surface area contributed by atoms with Crippen LogP contribution in [0.4, 0.5) is 5.69 Å². The lowest BCUT2D eigenvalue weighted by Gasteiger charge is -2.18. The molecule has 0 aliphatic carbocycles. The molecule has 0 saturated carbocycles. The van der Waals surface area contributed by atoms with Gasteiger partial charge in [0.05, 0.1) is 17.5 Å². The van der Waals surface area contributed by atoms with E-state index >= 15 is 0 Å². The highest BCUT2D eigenvalue weighted by atomic mass is 16.1. The van der Waals surface area contributed by atoms with Gasteiger partial charge >= 0.3 is 0 Å². The van der Waals surface area contributed by atoms with E-state index < -0.39 is 0 Å². The summed E-state index contributed by atoms with van der Waals surface area (Å²) in [4.78, 5) is 19.3. The van der Waals surface area contributed by atoms with Gasteiger partial charge in [-0.3, -0.25) is 9.69 Å². The van der Waals surface area contributed by atoms with Crippen LogP contribution in [0.15, 0.2) is 42.7 Å². The van der Waals surface area contributed by atoms with Crippen molar-refractivity contribution in [1.82, 2.24) is 19.5 Å². The van der Waals surface area contributed by atoms with Crippen LogP contribution in [0.25, 0.3) is 5.65 Å². The SMILES string of the molecule is CCN(CC)Cc1ccc(NC(=O)c2cn3nccc3nc2C)cc1. The average Bonchev–Trinajstić information content (AvgIpc) is 3.07. The summed E-state index contributed by atoms with van der Waals surface area (Å²) in [5.74, 6) is -0.182. The van der Waals surface area contributed by atoms with Crippen molar-refractivity contribution in [1.29, 1.82) is 0 Å². The van der Waals surface area contributed by atoms with Crippen LogP contribution >= 0.6 is 0 Å². The van der Waals surface area contributed by atoms with Gasteiger partial charge in [-0.1, -0.05) is 26.0 Å². The number of fused-ring (bicyclic) bond motifs is 1. The van der Waals surface area contributed by atoms with Gasteiger partial charge in [0.1, 0.15) is 0 Å². The number of anilines is 1. The van der Waals surface area contributed by atoms with Crippen molar-refractivity contribution in [2.75, 3.05) is 18.4 Å². The first kappa shape index (κ1) is 17.1. The molecule has 6 nitrogen and oxygen atoms in total. The average molecular weight is 337 g/mol. The third kappa shape index (κ3) is 3.85. The number of aryl methyl sites for hydroxylation is 1. The molecule has 25 heavy (non-hydrogen) atoms. The van der Waals surface area contributed by atoms with E-state index in [-0.39, 0.29) is 5.91 Å². The molecule has 1 aromatic carbocycles. The van der Waals surface area contributed by atoms with Crippen LogP contribution in [0.5, 0.6) is 0 Å². The second-order valence-corrected chi connectivity index (χ2v) is 5.99. The predicted octanol–water partition coefficient (Wildman–Crippen LogP) is 3.13. The number of nitrogens with one attached hydrogen (secondary N) is 1. The topological polar surface area (TPSA) is 62.5 Å². The van der Waals surface area contributed by atoms with E-state index in [0.29, 0.717) is 11.3 Å². The minimum Gasteiger partial charge on any atom is -0.322 e. The Morgan fingerprint density at radius 2 is 1.88 bits per heavy atom. The molecule has 0 aliphatic heterocycles. The highest BCUT2D eigenvalue weighted by Gasteiger charge is 2.12. The fourth-order valence-corrected chi connectivity index (χ4v) is 2.76. The Kier molecular flexibility index (Phi) is 5.09. The largest absolute Gasteiger partial charge is 0.322 e. The van der Waals surface area contributed by atoms with Gasteiger partial charge in [0, 0.05) is 24.5 Å². The number of hydrogen-bond donors (Lipinski definition) is 1. The van der Waals surface area contributed by atoms with E-state index in [4.69, 9.17) is 0 Å². The molecule has 0 fully saturated rings. The van der Waals surface area contributed by atoms with Crippen molar-refractivity contribution in [3.63, 3.8) is 0 Å². The molecule has 1 N–H and O–H groups in total. The Labute approximate surface area is 147 Å². The Bertz CT molecular complexity index is 865. The maximum absolute atomic E-state index is 12.6. The van der Waals surface area contributed by atoms with Gasteiger partial charge in [0.25, 0.3) is 5.91 Å². The summed E-state index contributed by atoms with van der Waals surface area (Å²) in [5, 5.41) is 7.07. The van der Waals surface area contributed by atoms with E-state index in [1.807, 2.05) is 25.1 Å². The standard InChI is InChI=1S/C19H23N5O/c1-4-23(5-2)12-15-6-8-16(9-7-15)22-19(25)17-13-24-18(10-11-20-24)21-14(17)3/h6-11,13H,4-5,12H2,1-3H3,(H,22,25). The molecule has 3 aromatic rings. The second kappa shape index (κ2) is 7.44. The van der Waals surface area contributed by atoms with Gasteiger partial charge in [-0.25, -0.2) is 9.50 Å². The van der Waals surface area contributed by atoms with E-state index in [0.717, 1.165) is 31.0 Å². The Morgan fingerprint density at radius 1 is 1.16 bits per heavy atom. The fourth-order valence-electron chi connectivity index (χ4n) is 2.76. The molecule has 6 heteroatoms. The highest BCUT2D eigenvalue weighted by molar-refractivity contribution is 6.04. The van der Waals surface area contributed by atoms with Crippen LogP contribution in [0.3, 0.4) is 0 Å². The maximum Gasteiger partial charge on any atom is 0.259 e. The number of rotatable bonds is 6. The zero-order chi connectivity index (χ0) is 17.8. The van der Waals surface area contributed by atoms with Crippen molar-refractivity contribution in [3.05, 3.63) is 59.5 Å². The van der Waals surface area contributed by atoms with Crippen molar-refractivity contribution < 1.29 is 4.79 Å². The lowest BCUT2D eigenvalue weighted by molar-refractivity contribution is 0.102. The van der Waals surface area contributed by atoms with Crippen molar-refractivity contribution in [2.45, 2.75) is 27.3 Å². The lowest BCUT2D eigenvalue weighted by atomic mass is 10.1. The molecular weight excluding hydrogens is 314 g/mol. The maximum atomic E-state index is 12.6. The van der Waals surface area contributed by atoms with Gasteiger partial charge in [-0.15, -0.1) is 0 Å². The molecule has 0 spiro atoms. The van der Waals surface area contributed by atoms with Gasteiger partial charge in [-0.2, -0.15) is 5.10 Å². The fraction of sp³-hybridized carbons (Fsp3) is 0.316. The number of benzene rings is 1. The molecule has 0 atom stereocenters. The first-order chi connectivity index (χ1) is 12.1. The number of hydrogen-bond acceptors (Lipinski definition) is 4. The highest BCUT2D eigenvalue weighted by Crippen LogP contribution is 2.14. The van der Waals surface area contributed by atoms with Crippen LogP contribution in [-0.4, -0.2) is 38.5 Å². The Hall–Kier alpha value is -2.73. The number of amides is 1. The second-order valence-electron chi connectivity index (χ2n) is 5.99. The van der Waals surface area contributed by atoms with Crippen LogP contribution in [0.1, 0.15) is 35.5 Å². The Balaban J connectivity index is 1.72. The quantitative estimate of drug-likeness (QED) is 0.751. The first-order valence-corrected chi connectivity index (χ1v) is 8.54.